The lowest BCUT2D eigenvalue weighted by Crippen LogP contribution is -2.24. The largest absolute Gasteiger partial charge is 0.453 e. The highest BCUT2D eigenvalue weighted by molar-refractivity contribution is 5.79. The van der Waals surface area contributed by atoms with Crippen molar-refractivity contribution in [3.05, 3.63) is 53.5 Å². The van der Waals surface area contributed by atoms with E-state index in [4.69, 9.17) is 0 Å². The molecule has 1 amide bonds. The van der Waals surface area contributed by atoms with Crippen LogP contribution in [0.1, 0.15) is 34.6 Å². The Labute approximate surface area is 214 Å². The molecule has 1 saturated carbocycles. The van der Waals surface area contributed by atoms with Crippen molar-refractivity contribution < 1.29 is 12.4 Å². The zero-order valence-corrected chi connectivity index (χ0v) is 20.8. The lowest BCUT2D eigenvalue weighted by molar-refractivity contribution is 0.182. The van der Waals surface area contributed by atoms with Crippen LogP contribution in [0, 0.1) is 0 Å². The van der Waals surface area contributed by atoms with E-state index in [1.807, 2.05) is 42.2 Å². The molecule has 6 rings (SSSR count). The number of hydrogen-bond acceptors (Lipinski definition) is 8. The molecule has 37 heavy (non-hydrogen) atoms. The number of anilines is 2. The smallest absolute Gasteiger partial charge is 0.404 e. The van der Waals surface area contributed by atoms with Gasteiger partial charge in [-0.25, -0.2) is 24.1 Å². The maximum atomic E-state index is 12.9. The van der Waals surface area contributed by atoms with Gasteiger partial charge in [-0.3, -0.25) is 13.8 Å². The number of nitrogens with one attached hydrogen (secondary N) is 1. The molecule has 0 bridgehead atoms. The van der Waals surface area contributed by atoms with E-state index < -0.39 is 6.09 Å². The molecule has 0 saturated heterocycles. The van der Waals surface area contributed by atoms with Gasteiger partial charge in [0.15, 0.2) is 5.65 Å². The lowest BCUT2D eigenvalue weighted by atomic mass is 10.2. The van der Waals surface area contributed by atoms with Crippen LogP contribution < -0.4 is 16.7 Å². The number of amides is 1. The molecule has 3 N–H and O–H groups in total. The van der Waals surface area contributed by atoms with Gasteiger partial charge in [0.2, 0.25) is 0 Å². The highest BCUT2D eigenvalue weighted by Crippen LogP contribution is 2.31. The van der Waals surface area contributed by atoms with Gasteiger partial charge in [-0.05, 0) is 18.9 Å². The third-order valence-electron chi connectivity index (χ3n) is 6.45. The van der Waals surface area contributed by atoms with Crippen LogP contribution in [-0.2, 0) is 18.8 Å². The first-order valence-electron chi connectivity index (χ1n) is 11.9. The molecule has 5 aromatic heterocycles. The van der Waals surface area contributed by atoms with Crippen LogP contribution in [0.4, 0.5) is 16.4 Å². The molecule has 0 atom stereocenters. The quantitative estimate of drug-likeness (QED) is 0.375. The molecule has 1 fully saturated rings. The van der Waals surface area contributed by atoms with Crippen molar-refractivity contribution in [1.82, 2.24) is 38.5 Å². The van der Waals surface area contributed by atoms with Crippen LogP contribution in [0.3, 0.4) is 0 Å². The maximum Gasteiger partial charge on any atom is 0.404 e. The molecule has 0 aromatic carbocycles. The molecule has 0 aliphatic heterocycles. The summed E-state index contributed by atoms with van der Waals surface area (Å²) in [4.78, 5) is 31.4. The van der Waals surface area contributed by atoms with Gasteiger partial charge in [-0.1, -0.05) is 12.8 Å². The molecule has 1 aliphatic carbocycles. The van der Waals surface area contributed by atoms with Crippen LogP contribution in [0.5, 0.6) is 0 Å². The number of rotatable bonds is 4. The Morgan fingerprint density at radius 1 is 1.16 bits per heavy atom. The molecule has 1 aliphatic rings. The van der Waals surface area contributed by atoms with E-state index >= 15 is 0 Å². The van der Waals surface area contributed by atoms with Gasteiger partial charge in [0.1, 0.15) is 11.6 Å². The van der Waals surface area contributed by atoms with Crippen molar-refractivity contribution in [2.45, 2.75) is 31.7 Å². The number of nitrogens with zero attached hydrogens (tertiary/aromatic N) is 8. The first kappa shape index (κ1) is 24.0. The van der Waals surface area contributed by atoms with E-state index in [1.54, 1.807) is 33.2 Å². The van der Waals surface area contributed by atoms with Gasteiger partial charge >= 0.3 is 11.8 Å². The molecule has 0 radical (unpaired) electrons. The van der Waals surface area contributed by atoms with Crippen LogP contribution >= 0.6 is 0 Å². The molecular formula is C24H32N10O3. The van der Waals surface area contributed by atoms with Crippen molar-refractivity contribution in [2.75, 3.05) is 12.4 Å². The van der Waals surface area contributed by atoms with Crippen molar-refractivity contribution in [2.24, 2.45) is 19.8 Å². The van der Waals surface area contributed by atoms with E-state index in [0.717, 1.165) is 40.8 Å². The third-order valence-corrected chi connectivity index (χ3v) is 6.45. The van der Waals surface area contributed by atoms with Crippen LogP contribution in [-0.4, -0.2) is 51.7 Å². The van der Waals surface area contributed by atoms with Crippen molar-refractivity contribution in [3.8, 4) is 11.3 Å². The highest BCUT2D eigenvalue weighted by Gasteiger charge is 2.23. The number of primary amides is 1. The Balaban J connectivity index is 0.000000554. The normalized spacial score (nSPS) is 13.6. The van der Waals surface area contributed by atoms with Gasteiger partial charge in [0, 0.05) is 53.1 Å². The van der Waals surface area contributed by atoms with Crippen molar-refractivity contribution >= 4 is 34.4 Å². The number of aromatic nitrogens is 8. The number of hydrogen-bond donors (Lipinski definition) is 2. The third kappa shape index (κ3) is 4.75. The van der Waals surface area contributed by atoms with Gasteiger partial charge in [-0.15, -0.1) is 0 Å². The Kier molecular flexibility index (Phi) is 6.34. The Morgan fingerprint density at radius 2 is 1.92 bits per heavy atom. The number of methoxy groups -OCH3 is 1. The fourth-order valence-corrected chi connectivity index (χ4v) is 4.62. The van der Waals surface area contributed by atoms with E-state index in [0.29, 0.717) is 11.6 Å². The van der Waals surface area contributed by atoms with Crippen LogP contribution in [0.25, 0.3) is 27.9 Å². The number of ether oxygens (including phenoxy) is 1. The summed E-state index contributed by atoms with van der Waals surface area (Å²) in [5, 5.41) is 12.1. The minimum Gasteiger partial charge on any atom is -0.453 e. The number of fused-ring (bicyclic) bond motifs is 2. The first-order valence-corrected chi connectivity index (χ1v) is 11.9. The zero-order valence-electron chi connectivity index (χ0n) is 20.8. The zero-order chi connectivity index (χ0) is 26.1. The highest BCUT2D eigenvalue weighted by atomic mass is 16.5. The van der Waals surface area contributed by atoms with E-state index in [1.165, 1.54) is 20.0 Å². The summed E-state index contributed by atoms with van der Waals surface area (Å²) in [6, 6.07) is 5.98. The average Bonchev–Trinajstić information content (AvgIpc) is 3.67. The monoisotopic (exact) mass is 508 g/mol. The molecule has 5 aromatic rings. The maximum absolute atomic E-state index is 12.9. The Bertz CT molecular complexity index is 1650. The minimum absolute atomic E-state index is 0. The second-order valence-corrected chi connectivity index (χ2v) is 8.90. The number of nitrogens with two attached hydrogens (primary N) is 1. The van der Waals surface area contributed by atoms with E-state index in [-0.39, 0.29) is 14.6 Å². The fourth-order valence-electron chi connectivity index (χ4n) is 4.62. The van der Waals surface area contributed by atoms with Crippen molar-refractivity contribution in [1.29, 1.82) is 0 Å². The fraction of sp³-hybridized carbons (Fsp3) is 0.333. The first-order chi connectivity index (χ1) is 17.8. The summed E-state index contributed by atoms with van der Waals surface area (Å²) in [5.41, 5.74) is 8.67. The molecule has 196 valence electrons. The van der Waals surface area contributed by atoms with Gasteiger partial charge in [-0.2, -0.15) is 10.2 Å². The summed E-state index contributed by atoms with van der Waals surface area (Å²) < 4.78 is 11.0. The number of carbonyl (C=O) groups is 1. The number of carbonyl (C=O) groups excluding carboxylic acids is 1. The summed E-state index contributed by atoms with van der Waals surface area (Å²) in [7, 11) is 4.91. The summed E-state index contributed by atoms with van der Waals surface area (Å²) in [6.45, 7) is 0. The summed E-state index contributed by atoms with van der Waals surface area (Å²) in [5.74, 6) is 1.31. The number of pyridine rings is 1. The van der Waals surface area contributed by atoms with Gasteiger partial charge in [0.05, 0.1) is 36.2 Å². The van der Waals surface area contributed by atoms with Gasteiger partial charge < -0.3 is 15.8 Å². The molecule has 5 heterocycles. The second kappa shape index (κ2) is 9.76. The lowest BCUT2D eigenvalue weighted by Gasteiger charge is -2.12. The summed E-state index contributed by atoms with van der Waals surface area (Å²) in [6.07, 6.45) is 11.0. The standard InChI is InChI=1S/C22H23N9O.C2H5NO2.2H2/c1-28-13-14(11-24-28)16-9-21-26-19(7-8-30(21)27-16)25-20-10-17-18(12-23-20)29(2)22(32)31(17)15-5-3-4-6-15;1-5-2(3)4;;/h7-13,15H,3-6H2,1-2H3,(H,23,25,26);1H3,(H2,3,4);2*1H. The topological polar surface area (TPSA) is 152 Å². The summed E-state index contributed by atoms with van der Waals surface area (Å²) >= 11 is 0. The molecular weight excluding hydrogens is 476 g/mol. The molecule has 0 spiro atoms. The van der Waals surface area contributed by atoms with E-state index in [2.05, 4.69) is 36.0 Å². The van der Waals surface area contributed by atoms with Gasteiger partial charge in [0.25, 0.3) is 0 Å². The van der Waals surface area contributed by atoms with Crippen molar-refractivity contribution in [3.63, 3.8) is 0 Å². The molecule has 13 nitrogen and oxygen atoms in total. The van der Waals surface area contributed by atoms with E-state index in [9.17, 15) is 9.59 Å². The SMILES string of the molecule is COC(N)=O.Cn1cc(-c2cc3nc(Nc4cc5c(cn4)n(C)c(=O)n5C4CCCC4)ccn3n2)cn1.[HH].[HH]. The Morgan fingerprint density at radius 3 is 2.59 bits per heavy atom. The Hall–Kier alpha value is -4.68. The number of aryl methyl sites for hydroxylation is 2. The molecule has 0 unspecified atom stereocenters. The van der Waals surface area contributed by atoms with Crippen LogP contribution in [0.15, 0.2) is 47.8 Å². The predicted octanol–water partition coefficient (Wildman–Crippen LogP) is 3.24. The number of imidazole rings is 1. The second-order valence-electron chi connectivity index (χ2n) is 8.90. The average molecular weight is 509 g/mol. The molecule has 13 heteroatoms. The minimum atomic E-state index is -0.745. The van der Waals surface area contributed by atoms with Crippen LogP contribution in [0.2, 0.25) is 0 Å². The predicted molar refractivity (Wildman–Crippen MR) is 142 cm³/mol.